The molecule has 0 atom stereocenters. The zero-order valence-corrected chi connectivity index (χ0v) is 18.9. The van der Waals surface area contributed by atoms with Gasteiger partial charge in [-0.1, -0.05) is 27.2 Å². The maximum absolute atomic E-state index is 13.1. The summed E-state index contributed by atoms with van der Waals surface area (Å²) in [6, 6.07) is 4.16. The molecule has 0 unspecified atom stereocenters. The molecule has 0 aromatic carbocycles. The van der Waals surface area contributed by atoms with Gasteiger partial charge in [0.15, 0.2) is 0 Å². The molecule has 30 heavy (non-hydrogen) atoms. The molecule has 2 heterocycles. The maximum atomic E-state index is 13.1. The molecule has 1 amide bonds. The van der Waals surface area contributed by atoms with E-state index in [0.717, 1.165) is 56.5 Å². The Kier molecular flexibility index (Phi) is 8.28. The minimum absolute atomic E-state index is 0.0383. The van der Waals surface area contributed by atoms with Crippen LogP contribution in [0.3, 0.4) is 0 Å². The number of carbonyl (C=O) groups is 1. The molecule has 0 bridgehead atoms. The highest BCUT2D eigenvalue weighted by atomic mass is 16.5. The van der Waals surface area contributed by atoms with Crippen molar-refractivity contribution in [3.8, 4) is 0 Å². The molecule has 2 aromatic rings. The predicted octanol–water partition coefficient (Wildman–Crippen LogP) is 4.85. The van der Waals surface area contributed by atoms with Crippen LogP contribution in [0.25, 0.3) is 5.65 Å². The number of ether oxygens (including phenoxy) is 2. The molecular weight excluding hydrogens is 378 g/mol. The quantitative estimate of drug-likeness (QED) is 0.563. The van der Waals surface area contributed by atoms with Gasteiger partial charge in [-0.15, -0.1) is 0 Å². The lowest BCUT2D eigenvalue weighted by molar-refractivity contribution is 0.0209. The molecule has 6 nitrogen and oxygen atoms in total. The van der Waals surface area contributed by atoms with Crippen molar-refractivity contribution in [2.45, 2.75) is 90.9 Å². The summed E-state index contributed by atoms with van der Waals surface area (Å²) in [5.41, 5.74) is 3.35. The fourth-order valence-corrected chi connectivity index (χ4v) is 4.09. The molecule has 0 radical (unpaired) electrons. The van der Waals surface area contributed by atoms with E-state index in [2.05, 4.69) is 32.2 Å². The largest absolute Gasteiger partial charge is 0.378 e. The van der Waals surface area contributed by atoms with Crippen molar-refractivity contribution in [3.63, 3.8) is 0 Å². The van der Waals surface area contributed by atoms with Crippen LogP contribution in [0.2, 0.25) is 0 Å². The van der Waals surface area contributed by atoms with E-state index >= 15 is 0 Å². The normalized spacial score (nSPS) is 19.5. The lowest BCUT2D eigenvalue weighted by atomic mass is 9.92. The number of unbranched alkanes of at least 4 members (excludes halogenated alkanes) is 1. The van der Waals surface area contributed by atoms with Gasteiger partial charge in [-0.25, -0.2) is 4.98 Å². The minimum atomic E-state index is -0.0383. The lowest BCUT2D eigenvalue weighted by Crippen LogP contribution is -2.39. The molecule has 1 aliphatic carbocycles. The van der Waals surface area contributed by atoms with Crippen molar-refractivity contribution in [3.05, 3.63) is 35.3 Å². The van der Waals surface area contributed by atoms with E-state index in [-0.39, 0.29) is 11.9 Å². The zero-order valence-electron chi connectivity index (χ0n) is 18.9. The van der Waals surface area contributed by atoms with E-state index in [1.165, 1.54) is 0 Å². The highest BCUT2D eigenvalue weighted by molar-refractivity contribution is 6.00. The average Bonchev–Trinajstić information content (AvgIpc) is 3.17. The van der Waals surface area contributed by atoms with Crippen LogP contribution in [-0.4, -0.2) is 40.7 Å². The maximum Gasteiger partial charge on any atom is 0.255 e. The Morgan fingerprint density at radius 2 is 2.03 bits per heavy atom. The number of aromatic nitrogens is 2. The number of carbonyl (C=O) groups excluding carboxylic acids is 1. The van der Waals surface area contributed by atoms with E-state index in [1.54, 1.807) is 0 Å². The molecule has 0 spiro atoms. The second kappa shape index (κ2) is 10.9. The highest BCUT2D eigenvalue weighted by Gasteiger charge is 2.25. The van der Waals surface area contributed by atoms with Gasteiger partial charge >= 0.3 is 0 Å². The third-order valence-electron chi connectivity index (χ3n) is 5.85. The summed E-state index contributed by atoms with van der Waals surface area (Å²) in [4.78, 5) is 17.8. The van der Waals surface area contributed by atoms with Crippen LogP contribution in [0.4, 0.5) is 0 Å². The first-order valence-corrected chi connectivity index (χ1v) is 11.5. The Hall–Kier alpha value is -1.92. The smallest absolute Gasteiger partial charge is 0.255 e. The number of nitrogens with one attached hydrogen (secondary N) is 1. The molecule has 1 N–H and O–H groups in total. The van der Waals surface area contributed by atoms with Gasteiger partial charge in [0.05, 0.1) is 24.0 Å². The Bertz CT molecular complexity index is 822. The summed E-state index contributed by atoms with van der Waals surface area (Å²) >= 11 is 0. The number of hydrogen-bond acceptors (Lipinski definition) is 4. The number of amides is 1. The second-order valence-corrected chi connectivity index (χ2v) is 8.56. The van der Waals surface area contributed by atoms with E-state index in [4.69, 9.17) is 14.5 Å². The van der Waals surface area contributed by atoms with Gasteiger partial charge in [0.2, 0.25) is 0 Å². The van der Waals surface area contributed by atoms with E-state index in [9.17, 15) is 4.79 Å². The molecular formula is C24H37N3O3. The number of hydrogen-bond donors (Lipinski definition) is 1. The van der Waals surface area contributed by atoms with Crippen molar-refractivity contribution in [2.75, 3.05) is 13.2 Å². The molecule has 0 saturated heterocycles. The molecule has 6 heteroatoms. The molecule has 0 aliphatic heterocycles. The summed E-state index contributed by atoms with van der Waals surface area (Å²) in [5.74, 6) is 0.283. The number of fused-ring (bicyclic) bond motifs is 1. The van der Waals surface area contributed by atoms with Crippen molar-refractivity contribution in [1.29, 1.82) is 0 Å². The van der Waals surface area contributed by atoms with Crippen LogP contribution >= 0.6 is 0 Å². The Morgan fingerprint density at radius 1 is 1.27 bits per heavy atom. The molecule has 3 rings (SSSR count). The molecule has 1 fully saturated rings. The van der Waals surface area contributed by atoms with Crippen molar-refractivity contribution in [1.82, 2.24) is 14.7 Å². The van der Waals surface area contributed by atoms with E-state index < -0.39 is 0 Å². The zero-order chi connectivity index (χ0) is 21.5. The van der Waals surface area contributed by atoms with Gasteiger partial charge in [-0.05, 0) is 57.1 Å². The lowest BCUT2D eigenvalue weighted by Gasteiger charge is -2.29. The summed E-state index contributed by atoms with van der Waals surface area (Å²) in [5, 5.41) is 3.23. The first-order valence-electron chi connectivity index (χ1n) is 11.5. The van der Waals surface area contributed by atoms with Crippen LogP contribution in [-0.2, 0) is 16.1 Å². The molecule has 2 aromatic heterocycles. The third kappa shape index (κ3) is 5.61. The van der Waals surface area contributed by atoms with Crippen molar-refractivity contribution < 1.29 is 14.3 Å². The van der Waals surface area contributed by atoms with Gasteiger partial charge < -0.3 is 19.2 Å². The Balaban J connectivity index is 1.69. The van der Waals surface area contributed by atoms with Crippen molar-refractivity contribution in [2.24, 2.45) is 0 Å². The Morgan fingerprint density at radius 3 is 2.70 bits per heavy atom. The Labute approximate surface area is 180 Å². The van der Waals surface area contributed by atoms with E-state index in [1.807, 2.05) is 23.6 Å². The summed E-state index contributed by atoms with van der Waals surface area (Å²) in [7, 11) is 0. The summed E-state index contributed by atoms with van der Waals surface area (Å²) < 4.78 is 13.5. The molecule has 1 saturated carbocycles. The van der Waals surface area contributed by atoms with Gasteiger partial charge in [0.1, 0.15) is 5.65 Å². The van der Waals surface area contributed by atoms with Gasteiger partial charge in [-0.2, -0.15) is 0 Å². The van der Waals surface area contributed by atoms with Crippen LogP contribution in [0.5, 0.6) is 0 Å². The minimum Gasteiger partial charge on any atom is -0.378 e. The molecule has 1 aliphatic rings. The SMILES string of the molecule is CCCCOC1CCC(NC(=O)c2ccn3c(C(C)C)cc(COCC)nc23)CC1. The van der Waals surface area contributed by atoms with Crippen LogP contribution in [0.1, 0.15) is 93.9 Å². The fraction of sp³-hybridized carbons (Fsp3) is 0.667. The first kappa shape index (κ1) is 22.8. The van der Waals surface area contributed by atoms with Crippen molar-refractivity contribution >= 4 is 11.6 Å². The standard InChI is InChI=1S/C24H37N3O3/c1-5-7-14-30-20-10-8-18(9-11-20)26-24(28)21-12-13-27-22(17(3)4)15-19(16-29-6-2)25-23(21)27/h12-13,15,17-18,20H,5-11,14,16H2,1-4H3,(H,26,28). The van der Waals surface area contributed by atoms with Gasteiger partial charge in [0, 0.05) is 31.1 Å². The fourth-order valence-electron chi connectivity index (χ4n) is 4.09. The van der Waals surface area contributed by atoms with Gasteiger partial charge in [0.25, 0.3) is 5.91 Å². The second-order valence-electron chi connectivity index (χ2n) is 8.56. The summed E-state index contributed by atoms with van der Waals surface area (Å²) in [6.07, 6.45) is 8.54. The van der Waals surface area contributed by atoms with Gasteiger partial charge in [-0.3, -0.25) is 4.79 Å². The number of rotatable bonds is 10. The van der Waals surface area contributed by atoms with Crippen LogP contribution < -0.4 is 5.32 Å². The predicted molar refractivity (Wildman–Crippen MR) is 119 cm³/mol. The molecule has 166 valence electrons. The van der Waals surface area contributed by atoms with E-state index in [0.29, 0.717) is 36.4 Å². The summed E-state index contributed by atoms with van der Waals surface area (Å²) in [6.45, 7) is 10.4. The third-order valence-corrected chi connectivity index (χ3v) is 5.85. The highest BCUT2D eigenvalue weighted by Crippen LogP contribution is 2.24. The van der Waals surface area contributed by atoms with Crippen LogP contribution in [0, 0.1) is 0 Å². The average molecular weight is 416 g/mol. The number of nitrogens with zero attached hydrogens (tertiary/aromatic N) is 2. The first-order chi connectivity index (χ1) is 14.5. The van der Waals surface area contributed by atoms with Crippen LogP contribution in [0.15, 0.2) is 18.3 Å². The monoisotopic (exact) mass is 415 g/mol. The topological polar surface area (TPSA) is 64.9 Å².